The number of carbonyl (C=O) groups excluding carboxylic acids is 4. The Morgan fingerprint density at radius 1 is 1.06 bits per heavy atom. The Kier molecular flexibility index (Phi) is 3.89. The average Bonchev–Trinajstić information content (AvgIpc) is 3.47. The van der Waals surface area contributed by atoms with E-state index in [1.165, 1.54) is 11.8 Å². The fourth-order valence-electron chi connectivity index (χ4n) is 6.24. The fraction of sp³-hybridized carbons (Fsp3) is 0.333. The SMILES string of the molecule is CC(=O)Oc1ccc(N2C(=O)[C@H]3[C@@H](C2=O)[C@@]2(C(=O)Nc4ccccc42)N2CCC[C@@H]32)cc1. The molecule has 1 spiro atoms. The fourth-order valence-corrected chi connectivity index (χ4v) is 6.24. The van der Waals surface area contributed by atoms with Gasteiger partial charge in [-0.25, -0.2) is 4.90 Å². The van der Waals surface area contributed by atoms with Crippen LogP contribution in [-0.2, 0) is 24.7 Å². The lowest BCUT2D eigenvalue weighted by Crippen LogP contribution is -2.54. The molecule has 1 N–H and O–H groups in total. The molecule has 32 heavy (non-hydrogen) atoms. The highest BCUT2D eigenvalue weighted by molar-refractivity contribution is 6.25. The molecule has 8 heteroatoms. The second-order valence-electron chi connectivity index (χ2n) is 8.77. The van der Waals surface area contributed by atoms with Crippen LogP contribution in [0.3, 0.4) is 0 Å². The zero-order valence-electron chi connectivity index (χ0n) is 17.4. The number of ether oxygens (including phenoxy) is 1. The number of esters is 1. The lowest BCUT2D eigenvalue weighted by molar-refractivity contribution is -0.135. The molecule has 2 aromatic carbocycles. The van der Waals surface area contributed by atoms with Crippen molar-refractivity contribution in [1.29, 1.82) is 0 Å². The van der Waals surface area contributed by atoms with Crippen molar-refractivity contribution in [2.45, 2.75) is 31.3 Å². The van der Waals surface area contributed by atoms with Crippen LogP contribution in [0.15, 0.2) is 48.5 Å². The minimum Gasteiger partial charge on any atom is -0.427 e. The third-order valence-corrected chi connectivity index (χ3v) is 7.26. The molecule has 2 aromatic rings. The third-order valence-electron chi connectivity index (χ3n) is 7.26. The standard InChI is InChI=1S/C24H21N3O5/c1-13(28)32-15-10-8-14(9-11-15)27-21(29)19-18-7-4-12-26(18)24(20(19)22(27)30)16-5-2-3-6-17(16)25-23(24)31/h2-3,5-6,8-11,18-20H,4,7,12H2,1H3,(H,25,31)/t18-,19+,20-,24-/m0/s1. The topological polar surface area (TPSA) is 96.0 Å². The first-order valence-electron chi connectivity index (χ1n) is 10.8. The maximum atomic E-state index is 13.8. The molecule has 4 atom stereocenters. The highest BCUT2D eigenvalue weighted by Gasteiger charge is 2.74. The van der Waals surface area contributed by atoms with Gasteiger partial charge < -0.3 is 10.1 Å². The van der Waals surface area contributed by atoms with Crippen LogP contribution in [0, 0.1) is 11.8 Å². The Morgan fingerprint density at radius 2 is 1.81 bits per heavy atom. The molecule has 3 amide bonds. The predicted molar refractivity (Wildman–Crippen MR) is 114 cm³/mol. The van der Waals surface area contributed by atoms with Crippen LogP contribution in [0.2, 0.25) is 0 Å². The Balaban J connectivity index is 1.46. The summed E-state index contributed by atoms with van der Waals surface area (Å²) in [5, 5.41) is 2.96. The number of amides is 3. The van der Waals surface area contributed by atoms with Crippen LogP contribution >= 0.6 is 0 Å². The summed E-state index contributed by atoms with van der Waals surface area (Å²) in [7, 11) is 0. The minimum absolute atomic E-state index is 0.154. The van der Waals surface area contributed by atoms with Gasteiger partial charge in [0.25, 0.3) is 0 Å². The number of nitrogens with one attached hydrogen (secondary N) is 1. The van der Waals surface area contributed by atoms with Crippen molar-refractivity contribution in [2.75, 3.05) is 16.8 Å². The molecular weight excluding hydrogens is 410 g/mol. The van der Waals surface area contributed by atoms with E-state index in [2.05, 4.69) is 10.2 Å². The molecule has 8 nitrogen and oxygen atoms in total. The van der Waals surface area contributed by atoms with E-state index in [-0.39, 0.29) is 23.8 Å². The van der Waals surface area contributed by atoms with Crippen molar-refractivity contribution in [1.82, 2.24) is 4.90 Å². The largest absolute Gasteiger partial charge is 0.427 e. The van der Waals surface area contributed by atoms with Gasteiger partial charge in [0.15, 0.2) is 0 Å². The summed E-state index contributed by atoms with van der Waals surface area (Å²) in [6, 6.07) is 13.6. The summed E-state index contributed by atoms with van der Waals surface area (Å²) in [5.41, 5.74) is 0.726. The lowest BCUT2D eigenvalue weighted by Gasteiger charge is -2.36. The normalized spacial score (nSPS) is 30.5. The van der Waals surface area contributed by atoms with Crippen LogP contribution in [0.4, 0.5) is 11.4 Å². The Bertz CT molecular complexity index is 1190. The van der Waals surface area contributed by atoms with Gasteiger partial charge >= 0.3 is 5.97 Å². The summed E-state index contributed by atoms with van der Waals surface area (Å²) >= 11 is 0. The molecule has 4 aliphatic rings. The second-order valence-corrected chi connectivity index (χ2v) is 8.77. The zero-order valence-corrected chi connectivity index (χ0v) is 17.4. The van der Waals surface area contributed by atoms with Crippen molar-refractivity contribution < 1.29 is 23.9 Å². The van der Waals surface area contributed by atoms with Gasteiger partial charge in [0.1, 0.15) is 11.3 Å². The lowest BCUT2D eigenvalue weighted by atomic mass is 9.75. The molecule has 0 unspecified atom stereocenters. The van der Waals surface area contributed by atoms with Crippen molar-refractivity contribution in [2.24, 2.45) is 11.8 Å². The van der Waals surface area contributed by atoms with Crippen LogP contribution < -0.4 is 15.0 Å². The second kappa shape index (κ2) is 6.49. The van der Waals surface area contributed by atoms with Crippen LogP contribution in [0.1, 0.15) is 25.3 Å². The number of imide groups is 1. The van der Waals surface area contributed by atoms with Gasteiger partial charge in [-0.3, -0.25) is 24.1 Å². The number of benzene rings is 2. The molecule has 4 heterocycles. The molecule has 3 fully saturated rings. The number of fused-ring (bicyclic) bond motifs is 7. The summed E-state index contributed by atoms with van der Waals surface area (Å²) in [6.45, 7) is 1.98. The average molecular weight is 431 g/mol. The summed E-state index contributed by atoms with van der Waals surface area (Å²) in [6.07, 6.45) is 1.65. The smallest absolute Gasteiger partial charge is 0.308 e. The first kappa shape index (κ1) is 19.2. The Hall–Kier alpha value is -3.52. The molecule has 3 saturated heterocycles. The number of nitrogens with zero attached hydrogens (tertiary/aromatic N) is 2. The quantitative estimate of drug-likeness (QED) is 0.444. The van der Waals surface area contributed by atoms with Gasteiger partial charge in [0.05, 0.1) is 17.5 Å². The molecular formula is C24H21N3O5. The van der Waals surface area contributed by atoms with Crippen LogP contribution in [0.5, 0.6) is 5.75 Å². The molecule has 0 saturated carbocycles. The monoisotopic (exact) mass is 431 g/mol. The number of anilines is 2. The van der Waals surface area contributed by atoms with E-state index in [1.807, 2.05) is 24.3 Å². The van der Waals surface area contributed by atoms with E-state index in [0.29, 0.717) is 23.7 Å². The number of rotatable bonds is 2. The summed E-state index contributed by atoms with van der Waals surface area (Å²) < 4.78 is 5.06. The minimum atomic E-state index is -1.17. The first-order valence-corrected chi connectivity index (χ1v) is 10.8. The summed E-state index contributed by atoms with van der Waals surface area (Å²) in [4.78, 5) is 55.4. The number of para-hydroxylation sites is 1. The van der Waals surface area contributed by atoms with Crippen molar-refractivity contribution in [3.63, 3.8) is 0 Å². The maximum absolute atomic E-state index is 13.8. The van der Waals surface area contributed by atoms with Gasteiger partial charge in [0.2, 0.25) is 17.7 Å². The van der Waals surface area contributed by atoms with Crippen LogP contribution in [-0.4, -0.2) is 41.2 Å². The van der Waals surface area contributed by atoms with Gasteiger partial charge in [-0.05, 0) is 49.7 Å². The van der Waals surface area contributed by atoms with E-state index in [1.54, 1.807) is 24.3 Å². The highest BCUT2D eigenvalue weighted by Crippen LogP contribution is 2.60. The van der Waals surface area contributed by atoms with Crippen molar-refractivity contribution in [3.8, 4) is 5.75 Å². The van der Waals surface area contributed by atoms with Crippen molar-refractivity contribution in [3.05, 3.63) is 54.1 Å². The first-order chi connectivity index (χ1) is 15.4. The maximum Gasteiger partial charge on any atom is 0.308 e. The van der Waals surface area contributed by atoms with Gasteiger partial charge in [-0.1, -0.05) is 18.2 Å². The van der Waals surface area contributed by atoms with E-state index in [4.69, 9.17) is 4.74 Å². The van der Waals surface area contributed by atoms with E-state index >= 15 is 0 Å². The molecule has 0 radical (unpaired) electrons. The van der Waals surface area contributed by atoms with E-state index < -0.39 is 23.3 Å². The number of carbonyl (C=O) groups is 4. The van der Waals surface area contributed by atoms with E-state index in [9.17, 15) is 19.2 Å². The van der Waals surface area contributed by atoms with Crippen molar-refractivity contribution >= 4 is 35.1 Å². The van der Waals surface area contributed by atoms with Gasteiger partial charge in [-0.2, -0.15) is 0 Å². The molecule has 162 valence electrons. The van der Waals surface area contributed by atoms with Gasteiger partial charge in [-0.15, -0.1) is 0 Å². The predicted octanol–water partition coefficient (Wildman–Crippen LogP) is 2.04. The highest BCUT2D eigenvalue weighted by atomic mass is 16.5. The molecule has 0 aliphatic carbocycles. The zero-order chi connectivity index (χ0) is 22.2. The van der Waals surface area contributed by atoms with E-state index in [0.717, 1.165) is 18.4 Å². The molecule has 0 bridgehead atoms. The molecule has 0 aromatic heterocycles. The third kappa shape index (κ3) is 2.25. The van der Waals surface area contributed by atoms with Gasteiger partial charge in [0, 0.05) is 24.2 Å². The number of hydrogen-bond donors (Lipinski definition) is 1. The Labute approximate surface area is 184 Å². The molecule has 6 rings (SSSR count). The van der Waals surface area contributed by atoms with Crippen LogP contribution in [0.25, 0.3) is 0 Å². The molecule has 4 aliphatic heterocycles. The Morgan fingerprint density at radius 3 is 2.56 bits per heavy atom. The summed E-state index contributed by atoms with van der Waals surface area (Å²) in [5.74, 6) is -2.33. The number of hydrogen-bond acceptors (Lipinski definition) is 6.